The van der Waals surface area contributed by atoms with Crippen LogP contribution in [0.5, 0.6) is 0 Å². The predicted molar refractivity (Wildman–Crippen MR) is 73.1 cm³/mol. The van der Waals surface area contributed by atoms with Crippen molar-refractivity contribution in [1.82, 2.24) is 9.78 Å². The molecule has 0 aliphatic carbocycles. The standard InChI is InChI=1S/C15H15N3/c16-15(11-18-10-4-9-17-18)14-8-3-6-12-5-1-2-7-13(12)14/h1-10,15H,11,16H2. The normalized spacial score (nSPS) is 12.7. The highest BCUT2D eigenvalue weighted by molar-refractivity contribution is 5.86. The van der Waals surface area contributed by atoms with E-state index in [0.29, 0.717) is 6.54 Å². The Balaban J connectivity index is 1.98. The first-order valence-corrected chi connectivity index (χ1v) is 6.05. The summed E-state index contributed by atoms with van der Waals surface area (Å²) >= 11 is 0. The number of aromatic nitrogens is 2. The number of hydrogen-bond acceptors (Lipinski definition) is 2. The van der Waals surface area contributed by atoms with Crippen LogP contribution in [0.25, 0.3) is 10.8 Å². The zero-order chi connectivity index (χ0) is 12.4. The summed E-state index contributed by atoms with van der Waals surface area (Å²) in [5, 5.41) is 6.65. The molecule has 18 heavy (non-hydrogen) atoms. The van der Waals surface area contributed by atoms with E-state index in [1.165, 1.54) is 16.3 Å². The summed E-state index contributed by atoms with van der Waals surface area (Å²) in [6.45, 7) is 0.695. The zero-order valence-electron chi connectivity index (χ0n) is 10.0. The van der Waals surface area contributed by atoms with E-state index in [1.807, 2.05) is 29.1 Å². The maximum Gasteiger partial charge on any atom is 0.0602 e. The lowest BCUT2D eigenvalue weighted by atomic mass is 9.99. The third-order valence-corrected chi connectivity index (χ3v) is 3.17. The summed E-state index contributed by atoms with van der Waals surface area (Å²) in [4.78, 5) is 0. The molecule has 1 aromatic heterocycles. The summed E-state index contributed by atoms with van der Waals surface area (Å²) in [7, 11) is 0. The summed E-state index contributed by atoms with van der Waals surface area (Å²) in [6.07, 6.45) is 3.71. The van der Waals surface area contributed by atoms with E-state index in [1.54, 1.807) is 6.20 Å². The van der Waals surface area contributed by atoms with Crippen molar-refractivity contribution in [1.29, 1.82) is 0 Å². The van der Waals surface area contributed by atoms with Crippen LogP contribution in [0.3, 0.4) is 0 Å². The number of nitrogens with zero attached hydrogens (tertiary/aromatic N) is 2. The average molecular weight is 237 g/mol. The molecule has 0 saturated carbocycles. The van der Waals surface area contributed by atoms with Crippen molar-refractivity contribution in [3.05, 3.63) is 66.5 Å². The van der Waals surface area contributed by atoms with E-state index < -0.39 is 0 Å². The zero-order valence-corrected chi connectivity index (χ0v) is 10.0. The molecule has 0 spiro atoms. The van der Waals surface area contributed by atoms with Crippen LogP contribution in [0.15, 0.2) is 60.9 Å². The third-order valence-electron chi connectivity index (χ3n) is 3.17. The van der Waals surface area contributed by atoms with E-state index >= 15 is 0 Å². The van der Waals surface area contributed by atoms with Gasteiger partial charge < -0.3 is 5.73 Å². The van der Waals surface area contributed by atoms with Crippen LogP contribution in [0.1, 0.15) is 11.6 Å². The predicted octanol–water partition coefficient (Wildman–Crippen LogP) is 2.74. The van der Waals surface area contributed by atoms with Gasteiger partial charge in [-0.15, -0.1) is 0 Å². The quantitative estimate of drug-likeness (QED) is 0.761. The van der Waals surface area contributed by atoms with Crippen molar-refractivity contribution in [2.45, 2.75) is 12.6 Å². The Labute approximate surface area is 106 Å². The van der Waals surface area contributed by atoms with Crippen LogP contribution in [0.4, 0.5) is 0 Å². The van der Waals surface area contributed by atoms with Crippen LogP contribution in [0.2, 0.25) is 0 Å². The van der Waals surface area contributed by atoms with Crippen LogP contribution in [0, 0.1) is 0 Å². The summed E-state index contributed by atoms with van der Waals surface area (Å²) in [6, 6.07) is 16.5. The van der Waals surface area contributed by atoms with Gasteiger partial charge in [-0.2, -0.15) is 5.10 Å². The Morgan fingerprint density at radius 2 is 1.89 bits per heavy atom. The van der Waals surface area contributed by atoms with Crippen molar-refractivity contribution < 1.29 is 0 Å². The molecular formula is C15H15N3. The summed E-state index contributed by atoms with van der Waals surface area (Å²) in [5.74, 6) is 0. The highest BCUT2D eigenvalue weighted by Gasteiger charge is 2.10. The van der Waals surface area contributed by atoms with E-state index in [2.05, 4.69) is 35.4 Å². The number of fused-ring (bicyclic) bond motifs is 1. The van der Waals surface area contributed by atoms with Gasteiger partial charge in [-0.25, -0.2) is 0 Å². The van der Waals surface area contributed by atoms with Gasteiger partial charge in [-0.1, -0.05) is 42.5 Å². The van der Waals surface area contributed by atoms with Crippen LogP contribution >= 0.6 is 0 Å². The molecule has 0 amide bonds. The van der Waals surface area contributed by atoms with Gasteiger partial charge in [0, 0.05) is 12.4 Å². The molecule has 3 aromatic rings. The fourth-order valence-corrected chi connectivity index (χ4v) is 2.28. The molecule has 2 N–H and O–H groups in total. The fraction of sp³-hybridized carbons (Fsp3) is 0.133. The number of nitrogens with two attached hydrogens (primary N) is 1. The Bertz CT molecular complexity index is 638. The molecule has 0 radical (unpaired) electrons. The first-order valence-electron chi connectivity index (χ1n) is 6.05. The molecular weight excluding hydrogens is 222 g/mol. The molecule has 1 unspecified atom stereocenters. The van der Waals surface area contributed by atoms with Crippen molar-refractivity contribution in [3.63, 3.8) is 0 Å². The van der Waals surface area contributed by atoms with Gasteiger partial charge in [0.15, 0.2) is 0 Å². The Kier molecular flexibility index (Phi) is 2.82. The molecule has 2 aromatic carbocycles. The van der Waals surface area contributed by atoms with E-state index in [4.69, 9.17) is 5.73 Å². The van der Waals surface area contributed by atoms with Gasteiger partial charge in [0.25, 0.3) is 0 Å². The molecule has 90 valence electrons. The second-order valence-corrected chi connectivity index (χ2v) is 4.40. The first-order chi connectivity index (χ1) is 8.84. The lowest BCUT2D eigenvalue weighted by molar-refractivity contribution is 0.530. The third kappa shape index (κ3) is 2.00. The molecule has 0 saturated heterocycles. The Morgan fingerprint density at radius 1 is 1.06 bits per heavy atom. The molecule has 1 atom stereocenters. The van der Waals surface area contributed by atoms with Gasteiger partial charge in [0.1, 0.15) is 0 Å². The van der Waals surface area contributed by atoms with Crippen LogP contribution < -0.4 is 5.73 Å². The molecule has 3 heteroatoms. The maximum atomic E-state index is 6.29. The van der Waals surface area contributed by atoms with Gasteiger partial charge in [0.05, 0.1) is 12.6 Å². The monoisotopic (exact) mass is 237 g/mol. The SMILES string of the molecule is NC(Cn1cccn1)c1cccc2ccccc12. The minimum Gasteiger partial charge on any atom is -0.322 e. The highest BCUT2D eigenvalue weighted by Crippen LogP contribution is 2.23. The Hall–Kier alpha value is -2.13. The summed E-state index contributed by atoms with van der Waals surface area (Å²) < 4.78 is 1.87. The van der Waals surface area contributed by atoms with Gasteiger partial charge in [0.2, 0.25) is 0 Å². The minimum atomic E-state index is -0.0454. The lowest BCUT2D eigenvalue weighted by Gasteiger charge is -2.14. The second kappa shape index (κ2) is 4.63. The van der Waals surface area contributed by atoms with E-state index in [9.17, 15) is 0 Å². The lowest BCUT2D eigenvalue weighted by Crippen LogP contribution is -2.18. The van der Waals surface area contributed by atoms with Crippen molar-refractivity contribution >= 4 is 10.8 Å². The number of benzene rings is 2. The van der Waals surface area contributed by atoms with Gasteiger partial charge in [-0.3, -0.25) is 4.68 Å². The minimum absolute atomic E-state index is 0.0454. The highest BCUT2D eigenvalue weighted by atomic mass is 15.3. The maximum absolute atomic E-state index is 6.29. The molecule has 0 aliphatic rings. The van der Waals surface area contributed by atoms with E-state index in [0.717, 1.165) is 0 Å². The van der Waals surface area contributed by atoms with Gasteiger partial charge in [-0.05, 0) is 22.4 Å². The topological polar surface area (TPSA) is 43.8 Å². The fourth-order valence-electron chi connectivity index (χ4n) is 2.28. The van der Waals surface area contributed by atoms with Crippen molar-refractivity contribution in [3.8, 4) is 0 Å². The molecule has 0 aliphatic heterocycles. The molecule has 3 rings (SSSR count). The Morgan fingerprint density at radius 3 is 2.72 bits per heavy atom. The average Bonchev–Trinajstić information content (AvgIpc) is 2.91. The largest absolute Gasteiger partial charge is 0.322 e. The smallest absolute Gasteiger partial charge is 0.0602 e. The van der Waals surface area contributed by atoms with Crippen LogP contribution in [-0.2, 0) is 6.54 Å². The first kappa shape index (κ1) is 11.0. The molecule has 1 heterocycles. The summed E-state index contributed by atoms with van der Waals surface area (Å²) in [5.41, 5.74) is 7.46. The van der Waals surface area contributed by atoms with Crippen LogP contribution in [-0.4, -0.2) is 9.78 Å². The molecule has 0 fully saturated rings. The molecule has 3 nitrogen and oxygen atoms in total. The van der Waals surface area contributed by atoms with Gasteiger partial charge >= 0.3 is 0 Å². The second-order valence-electron chi connectivity index (χ2n) is 4.40. The van der Waals surface area contributed by atoms with Crippen molar-refractivity contribution in [2.75, 3.05) is 0 Å². The van der Waals surface area contributed by atoms with Crippen molar-refractivity contribution in [2.24, 2.45) is 5.73 Å². The number of hydrogen-bond donors (Lipinski definition) is 1. The molecule has 0 bridgehead atoms. The van der Waals surface area contributed by atoms with E-state index in [-0.39, 0.29) is 6.04 Å². The number of rotatable bonds is 3.